The number of aromatic nitrogens is 1. The Labute approximate surface area is 115 Å². The number of halogens is 2. The van der Waals surface area contributed by atoms with E-state index in [2.05, 4.69) is 20.3 Å². The molecule has 3 aromatic rings. The zero-order valence-corrected chi connectivity index (χ0v) is 11.5. The van der Waals surface area contributed by atoms with E-state index in [0.717, 1.165) is 10.9 Å². The highest BCUT2D eigenvalue weighted by molar-refractivity contribution is 9.10. The third kappa shape index (κ3) is 2.11. The second-order valence-electron chi connectivity index (χ2n) is 3.67. The minimum Gasteiger partial charge on any atom is -0.444 e. The molecule has 0 saturated heterocycles. The molecule has 0 spiro atoms. The van der Waals surface area contributed by atoms with E-state index in [1.54, 1.807) is 12.1 Å². The Bertz CT molecular complexity index is 713. The number of ether oxygens (including phenoxy) is 1. The molecule has 0 aliphatic heterocycles. The van der Waals surface area contributed by atoms with E-state index < -0.39 is 0 Å². The zero-order valence-electron chi connectivity index (χ0n) is 9.06. The normalized spacial score (nSPS) is 10.8. The third-order valence-corrected chi connectivity index (χ3v) is 3.85. The molecule has 0 N–H and O–H groups in total. The average molecular weight is 324 g/mol. The lowest BCUT2D eigenvalue weighted by Crippen LogP contribution is -1.84. The van der Waals surface area contributed by atoms with Crippen LogP contribution < -0.4 is 4.74 Å². The number of nitrogens with zero attached hydrogens (tertiary/aromatic N) is 1. The van der Waals surface area contributed by atoms with Crippen molar-refractivity contribution in [2.45, 2.75) is 0 Å². The highest BCUT2D eigenvalue weighted by atomic mass is 79.9. The first-order chi connectivity index (χ1) is 8.74. The third-order valence-electron chi connectivity index (χ3n) is 2.45. The van der Waals surface area contributed by atoms with Gasteiger partial charge in [0.1, 0.15) is 11.6 Å². The quantitative estimate of drug-likeness (QED) is 0.662. The molecular formula is C13H7BrFNOS. The van der Waals surface area contributed by atoms with Crippen molar-refractivity contribution in [2.24, 2.45) is 0 Å². The number of hydrogen-bond acceptors (Lipinski definition) is 3. The molecule has 0 aliphatic rings. The van der Waals surface area contributed by atoms with E-state index in [4.69, 9.17) is 4.74 Å². The summed E-state index contributed by atoms with van der Waals surface area (Å²) in [6.07, 6.45) is 0. The number of hydrogen-bond donors (Lipinski definition) is 0. The molecule has 0 bridgehead atoms. The maximum Gasteiger partial charge on any atom is 0.207 e. The molecule has 90 valence electrons. The molecule has 0 saturated carbocycles. The molecule has 1 aromatic heterocycles. The summed E-state index contributed by atoms with van der Waals surface area (Å²) in [5.74, 6) is 0.117. The number of benzene rings is 2. The molecule has 2 nitrogen and oxygen atoms in total. The standard InChI is InChI=1S/C13H7BrFNOS/c14-10-6-5-8(7-11(10)15)17-13-9-3-1-2-4-12(9)16-18-13/h1-7H. The predicted molar refractivity (Wildman–Crippen MR) is 73.8 cm³/mol. The summed E-state index contributed by atoms with van der Waals surface area (Å²) in [5.41, 5.74) is 0.884. The van der Waals surface area contributed by atoms with Gasteiger partial charge in [0.25, 0.3) is 0 Å². The summed E-state index contributed by atoms with van der Waals surface area (Å²) >= 11 is 4.37. The molecule has 18 heavy (non-hydrogen) atoms. The summed E-state index contributed by atoms with van der Waals surface area (Å²) < 4.78 is 23.7. The van der Waals surface area contributed by atoms with Crippen molar-refractivity contribution >= 4 is 38.4 Å². The summed E-state index contributed by atoms with van der Waals surface area (Å²) in [7, 11) is 0. The van der Waals surface area contributed by atoms with Crippen molar-refractivity contribution in [1.82, 2.24) is 4.37 Å². The minimum absolute atomic E-state index is 0.346. The van der Waals surface area contributed by atoms with E-state index in [-0.39, 0.29) is 5.82 Å². The Kier molecular flexibility index (Phi) is 3.01. The van der Waals surface area contributed by atoms with Crippen LogP contribution in [0, 0.1) is 5.82 Å². The highest BCUT2D eigenvalue weighted by Crippen LogP contribution is 2.34. The lowest BCUT2D eigenvalue weighted by Gasteiger charge is -2.03. The molecule has 5 heteroatoms. The molecule has 0 amide bonds. The molecule has 0 atom stereocenters. The minimum atomic E-state index is -0.346. The fourth-order valence-corrected chi connectivity index (χ4v) is 2.58. The van der Waals surface area contributed by atoms with Crippen molar-refractivity contribution in [2.75, 3.05) is 0 Å². The van der Waals surface area contributed by atoms with Gasteiger partial charge in [-0.05, 0) is 40.2 Å². The van der Waals surface area contributed by atoms with E-state index in [1.165, 1.54) is 17.6 Å². The SMILES string of the molecule is Fc1cc(Oc2snc3ccccc23)ccc1Br. The van der Waals surface area contributed by atoms with Gasteiger partial charge in [-0.25, -0.2) is 4.39 Å². The van der Waals surface area contributed by atoms with Gasteiger partial charge in [-0.2, -0.15) is 4.37 Å². The lowest BCUT2D eigenvalue weighted by molar-refractivity contribution is 0.493. The molecule has 0 aliphatic carbocycles. The molecule has 2 aromatic carbocycles. The van der Waals surface area contributed by atoms with Crippen LogP contribution in [0.3, 0.4) is 0 Å². The topological polar surface area (TPSA) is 22.1 Å². The molecular weight excluding hydrogens is 317 g/mol. The predicted octanol–water partition coefficient (Wildman–Crippen LogP) is 4.99. The van der Waals surface area contributed by atoms with Crippen LogP contribution in [0.5, 0.6) is 10.8 Å². The van der Waals surface area contributed by atoms with Crippen LogP contribution in [0.25, 0.3) is 10.9 Å². The van der Waals surface area contributed by atoms with Crippen LogP contribution in [0.1, 0.15) is 0 Å². The van der Waals surface area contributed by atoms with Gasteiger partial charge in [0.2, 0.25) is 5.06 Å². The zero-order chi connectivity index (χ0) is 12.5. The molecule has 1 heterocycles. The summed E-state index contributed by atoms with van der Waals surface area (Å²) in [5, 5.41) is 1.61. The maximum absolute atomic E-state index is 13.4. The van der Waals surface area contributed by atoms with Crippen LogP contribution in [0.15, 0.2) is 46.9 Å². The molecule has 0 radical (unpaired) electrons. The van der Waals surface area contributed by atoms with E-state index in [9.17, 15) is 4.39 Å². The van der Waals surface area contributed by atoms with Gasteiger partial charge in [0.05, 0.1) is 15.4 Å². The fraction of sp³-hybridized carbons (Fsp3) is 0. The van der Waals surface area contributed by atoms with Gasteiger partial charge >= 0.3 is 0 Å². The van der Waals surface area contributed by atoms with Gasteiger partial charge in [0.15, 0.2) is 0 Å². The highest BCUT2D eigenvalue weighted by Gasteiger charge is 2.08. The van der Waals surface area contributed by atoms with Gasteiger partial charge in [-0.15, -0.1) is 0 Å². The second-order valence-corrected chi connectivity index (χ2v) is 5.26. The molecule has 0 fully saturated rings. The van der Waals surface area contributed by atoms with Gasteiger partial charge in [-0.1, -0.05) is 12.1 Å². The van der Waals surface area contributed by atoms with Gasteiger partial charge in [0, 0.05) is 17.6 Å². The van der Waals surface area contributed by atoms with E-state index in [1.807, 2.05) is 24.3 Å². The van der Waals surface area contributed by atoms with Crippen molar-refractivity contribution in [3.63, 3.8) is 0 Å². The Morgan fingerprint density at radius 3 is 2.83 bits per heavy atom. The Hall–Kier alpha value is -1.46. The summed E-state index contributed by atoms with van der Waals surface area (Å²) in [6.45, 7) is 0. The van der Waals surface area contributed by atoms with Crippen molar-refractivity contribution in [3.8, 4) is 10.8 Å². The van der Waals surface area contributed by atoms with Crippen LogP contribution in [-0.4, -0.2) is 4.37 Å². The lowest BCUT2D eigenvalue weighted by atomic mass is 10.2. The van der Waals surface area contributed by atoms with Crippen LogP contribution >= 0.6 is 27.5 Å². The molecule has 0 unspecified atom stereocenters. The van der Waals surface area contributed by atoms with Crippen LogP contribution in [0.4, 0.5) is 4.39 Å². The van der Waals surface area contributed by atoms with Gasteiger partial charge < -0.3 is 4.74 Å². The summed E-state index contributed by atoms with van der Waals surface area (Å²) in [6, 6.07) is 12.4. The fourth-order valence-electron chi connectivity index (χ4n) is 1.59. The monoisotopic (exact) mass is 323 g/mol. The first kappa shape index (κ1) is 11.6. The van der Waals surface area contributed by atoms with Crippen molar-refractivity contribution in [1.29, 1.82) is 0 Å². The van der Waals surface area contributed by atoms with Crippen molar-refractivity contribution in [3.05, 3.63) is 52.8 Å². The Balaban J connectivity index is 1.98. The summed E-state index contributed by atoms with van der Waals surface area (Å²) in [4.78, 5) is 0. The van der Waals surface area contributed by atoms with E-state index >= 15 is 0 Å². The van der Waals surface area contributed by atoms with Crippen LogP contribution in [0.2, 0.25) is 0 Å². The number of fused-ring (bicyclic) bond motifs is 1. The molecule has 3 rings (SSSR count). The Morgan fingerprint density at radius 1 is 1.17 bits per heavy atom. The smallest absolute Gasteiger partial charge is 0.207 e. The van der Waals surface area contributed by atoms with Crippen LogP contribution in [-0.2, 0) is 0 Å². The first-order valence-corrected chi connectivity index (χ1v) is 6.78. The maximum atomic E-state index is 13.4. The Morgan fingerprint density at radius 2 is 2.00 bits per heavy atom. The first-order valence-electron chi connectivity index (χ1n) is 5.21. The van der Waals surface area contributed by atoms with E-state index in [0.29, 0.717) is 15.3 Å². The average Bonchev–Trinajstić information content (AvgIpc) is 2.78. The number of rotatable bonds is 2. The van der Waals surface area contributed by atoms with Crippen molar-refractivity contribution < 1.29 is 9.13 Å². The largest absolute Gasteiger partial charge is 0.444 e. The second kappa shape index (κ2) is 4.66. The van der Waals surface area contributed by atoms with Gasteiger partial charge in [-0.3, -0.25) is 0 Å².